The molecule has 0 aliphatic carbocycles. The fourth-order valence-electron chi connectivity index (χ4n) is 2.97. The Morgan fingerprint density at radius 3 is 2.63 bits per heavy atom. The average molecular weight is 384 g/mol. The molecule has 0 saturated heterocycles. The van der Waals surface area contributed by atoms with Gasteiger partial charge in [-0.1, -0.05) is 30.3 Å². The zero-order chi connectivity index (χ0) is 19.2. The van der Waals surface area contributed by atoms with Crippen LogP contribution < -0.4 is 10.2 Å². The molecule has 0 fully saturated rings. The van der Waals surface area contributed by atoms with E-state index in [-0.39, 0.29) is 30.5 Å². The van der Waals surface area contributed by atoms with Crippen molar-refractivity contribution in [3.05, 3.63) is 59.7 Å². The van der Waals surface area contributed by atoms with E-state index in [1.165, 1.54) is 17.3 Å². The first-order valence-corrected chi connectivity index (χ1v) is 9.65. The van der Waals surface area contributed by atoms with Gasteiger partial charge in [-0.15, -0.1) is 11.8 Å². The van der Waals surface area contributed by atoms with Crippen LogP contribution in [0.15, 0.2) is 53.4 Å². The van der Waals surface area contributed by atoms with Crippen LogP contribution in [0.25, 0.3) is 0 Å². The molecule has 0 unspecified atom stereocenters. The maximum absolute atomic E-state index is 12.6. The third-order valence-corrected chi connectivity index (χ3v) is 5.35. The van der Waals surface area contributed by atoms with E-state index in [0.717, 1.165) is 12.1 Å². The number of amides is 2. The van der Waals surface area contributed by atoms with Gasteiger partial charge in [-0.3, -0.25) is 14.4 Å². The summed E-state index contributed by atoms with van der Waals surface area (Å²) in [6, 6.07) is 14.9. The molecule has 6 nitrogen and oxygen atoms in total. The van der Waals surface area contributed by atoms with E-state index in [1.54, 1.807) is 23.1 Å². The fourth-order valence-corrected chi connectivity index (χ4v) is 3.90. The van der Waals surface area contributed by atoms with Crippen LogP contribution in [0, 0.1) is 0 Å². The highest BCUT2D eigenvalue weighted by atomic mass is 32.2. The van der Waals surface area contributed by atoms with E-state index in [1.807, 2.05) is 30.3 Å². The lowest BCUT2D eigenvalue weighted by atomic mass is 10.2. The lowest BCUT2D eigenvalue weighted by Gasteiger charge is -2.17. The summed E-state index contributed by atoms with van der Waals surface area (Å²) in [7, 11) is 0. The van der Waals surface area contributed by atoms with Gasteiger partial charge in [0.15, 0.2) is 0 Å². The van der Waals surface area contributed by atoms with Gasteiger partial charge in [0.05, 0.1) is 17.7 Å². The van der Waals surface area contributed by atoms with Crippen molar-refractivity contribution < 1.29 is 19.5 Å². The zero-order valence-corrected chi connectivity index (χ0v) is 15.5. The molecule has 0 radical (unpaired) electrons. The minimum absolute atomic E-state index is 0.00559. The second-order valence-corrected chi connectivity index (χ2v) is 7.13. The number of nitrogens with one attached hydrogen (secondary N) is 1. The van der Waals surface area contributed by atoms with E-state index >= 15 is 0 Å². The van der Waals surface area contributed by atoms with Gasteiger partial charge >= 0.3 is 5.97 Å². The molecule has 0 bridgehead atoms. The van der Waals surface area contributed by atoms with Crippen LogP contribution in [0.4, 0.5) is 5.69 Å². The van der Waals surface area contributed by atoms with Gasteiger partial charge in [0.2, 0.25) is 5.91 Å². The van der Waals surface area contributed by atoms with Crippen molar-refractivity contribution in [3.8, 4) is 0 Å². The Morgan fingerprint density at radius 2 is 1.81 bits per heavy atom. The average Bonchev–Trinajstić information content (AvgIpc) is 3.10. The van der Waals surface area contributed by atoms with Crippen LogP contribution in [0.1, 0.15) is 22.3 Å². The highest BCUT2D eigenvalue weighted by Crippen LogP contribution is 2.29. The Balaban J connectivity index is 1.62. The normalized spacial score (nSPS) is 12.5. The van der Waals surface area contributed by atoms with Crippen molar-refractivity contribution in [2.45, 2.75) is 17.7 Å². The minimum Gasteiger partial charge on any atom is -0.481 e. The third-order valence-electron chi connectivity index (χ3n) is 4.30. The molecule has 1 aliphatic rings. The number of para-hydroxylation sites is 1. The predicted molar refractivity (Wildman–Crippen MR) is 104 cm³/mol. The van der Waals surface area contributed by atoms with E-state index in [4.69, 9.17) is 5.11 Å². The third kappa shape index (κ3) is 4.68. The van der Waals surface area contributed by atoms with E-state index < -0.39 is 5.97 Å². The van der Waals surface area contributed by atoms with Crippen LogP contribution in [-0.4, -0.2) is 41.7 Å². The van der Waals surface area contributed by atoms with Crippen LogP contribution in [0.2, 0.25) is 0 Å². The standard InChI is InChI=1S/C20H20N2O4S/c23-18(22-12-10-14-5-1-3-7-16(14)22)13-27-17-8-4-2-6-15(17)20(26)21-11-9-19(24)25/h1-8H,9-13H2,(H,21,26)(H,24,25). The molecule has 0 atom stereocenters. The van der Waals surface area contributed by atoms with E-state index in [9.17, 15) is 14.4 Å². The van der Waals surface area contributed by atoms with Crippen LogP contribution in [0.5, 0.6) is 0 Å². The Morgan fingerprint density at radius 1 is 1.07 bits per heavy atom. The van der Waals surface area contributed by atoms with Crippen molar-refractivity contribution in [2.75, 3.05) is 23.7 Å². The van der Waals surface area contributed by atoms with Crippen molar-refractivity contribution in [1.82, 2.24) is 5.32 Å². The second kappa shape index (κ2) is 8.73. The quantitative estimate of drug-likeness (QED) is 0.717. The summed E-state index contributed by atoms with van der Waals surface area (Å²) >= 11 is 1.32. The number of carboxylic acids is 1. The number of rotatable bonds is 7. The van der Waals surface area contributed by atoms with Gasteiger partial charge in [0.1, 0.15) is 0 Å². The largest absolute Gasteiger partial charge is 0.481 e. The molecule has 27 heavy (non-hydrogen) atoms. The molecule has 140 valence electrons. The molecule has 0 saturated carbocycles. The lowest BCUT2D eigenvalue weighted by molar-refractivity contribution is -0.136. The fraction of sp³-hybridized carbons (Fsp3) is 0.250. The number of carbonyl (C=O) groups excluding carboxylic acids is 2. The summed E-state index contributed by atoms with van der Waals surface area (Å²) in [5.41, 5.74) is 2.58. The Bertz CT molecular complexity index is 869. The number of carboxylic acid groups (broad SMARTS) is 1. The van der Waals surface area contributed by atoms with Gasteiger partial charge in [0.25, 0.3) is 5.91 Å². The molecule has 2 aromatic rings. The first-order valence-electron chi connectivity index (χ1n) is 8.66. The Kier molecular flexibility index (Phi) is 6.13. The molecular formula is C20H20N2O4S. The Labute approximate surface area is 161 Å². The summed E-state index contributed by atoms with van der Waals surface area (Å²) in [6.07, 6.45) is 0.725. The van der Waals surface area contributed by atoms with Gasteiger partial charge < -0.3 is 15.3 Å². The second-order valence-electron chi connectivity index (χ2n) is 6.11. The van der Waals surface area contributed by atoms with Crippen molar-refractivity contribution >= 4 is 35.2 Å². The molecule has 2 aromatic carbocycles. The summed E-state index contributed by atoms with van der Waals surface area (Å²) in [5.74, 6) is -1.06. The summed E-state index contributed by atoms with van der Waals surface area (Å²) in [5, 5.41) is 11.3. The summed E-state index contributed by atoms with van der Waals surface area (Å²) in [4.78, 5) is 38.0. The Hall–Kier alpha value is -2.80. The number of hydrogen-bond donors (Lipinski definition) is 2. The van der Waals surface area contributed by atoms with E-state index in [0.29, 0.717) is 17.0 Å². The highest BCUT2D eigenvalue weighted by molar-refractivity contribution is 8.00. The van der Waals surface area contributed by atoms with Crippen molar-refractivity contribution in [3.63, 3.8) is 0 Å². The van der Waals surface area contributed by atoms with Gasteiger partial charge in [-0.2, -0.15) is 0 Å². The smallest absolute Gasteiger partial charge is 0.305 e. The molecule has 2 amide bonds. The van der Waals surface area contributed by atoms with E-state index in [2.05, 4.69) is 5.32 Å². The van der Waals surface area contributed by atoms with Crippen LogP contribution in [-0.2, 0) is 16.0 Å². The first kappa shape index (κ1) is 19.0. The SMILES string of the molecule is O=C(O)CCNC(=O)c1ccccc1SCC(=O)N1CCc2ccccc21. The topological polar surface area (TPSA) is 86.7 Å². The maximum atomic E-state index is 12.6. The maximum Gasteiger partial charge on any atom is 0.305 e. The molecule has 1 aliphatic heterocycles. The van der Waals surface area contributed by atoms with Gasteiger partial charge in [-0.05, 0) is 30.2 Å². The predicted octanol–water partition coefficient (Wildman–Crippen LogP) is 2.57. The summed E-state index contributed by atoms with van der Waals surface area (Å²) < 4.78 is 0. The molecule has 0 aromatic heterocycles. The zero-order valence-electron chi connectivity index (χ0n) is 14.7. The molecule has 1 heterocycles. The highest BCUT2D eigenvalue weighted by Gasteiger charge is 2.24. The minimum atomic E-state index is -0.963. The van der Waals surface area contributed by atoms with Crippen molar-refractivity contribution in [1.29, 1.82) is 0 Å². The molecule has 7 heteroatoms. The molecule has 2 N–H and O–H groups in total. The number of hydrogen-bond acceptors (Lipinski definition) is 4. The number of thioether (sulfide) groups is 1. The first-order chi connectivity index (χ1) is 13.1. The molecule has 0 spiro atoms. The van der Waals surface area contributed by atoms with Crippen LogP contribution >= 0.6 is 11.8 Å². The monoisotopic (exact) mass is 384 g/mol. The number of fused-ring (bicyclic) bond motifs is 1. The summed E-state index contributed by atoms with van der Waals surface area (Å²) in [6.45, 7) is 0.743. The number of nitrogens with zero attached hydrogens (tertiary/aromatic N) is 1. The molecular weight excluding hydrogens is 364 g/mol. The number of aliphatic carboxylic acids is 1. The van der Waals surface area contributed by atoms with Gasteiger partial charge in [0, 0.05) is 23.7 Å². The van der Waals surface area contributed by atoms with Crippen LogP contribution in [0.3, 0.4) is 0 Å². The number of anilines is 1. The van der Waals surface area contributed by atoms with Crippen molar-refractivity contribution in [2.24, 2.45) is 0 Å². The molecule has 3 rings (SSSR count). The number of benzene rings is 2. The van der Waals surface area contributed by atoms with Gasteiger partial charge in [-0.25, -0.2) is 0 Å². The lowest BCUT2D eigenvalue weighted by Crippen LogP contribution is -2.30. The number of carbonyl (C=O) groups is 3.